The Balaban J connectivity index is 1.93. The van der Waals surface area contributed by atoms with Gasteiger partial charge in [0.2, 0.25) is 5.91 Å². The summed E-state index contributed by atoms with van der Waals surface area (Å²) >= 11 is 5.98. The number of aliphatic hydroxyl groups is 1. The van der Waals surface area contributed by atoms with Crippen molar-refractivity contribution in [3.05, 3.63) is 64.4 Å². The van der Waals surface area contributed by atoms with Crippen molar-refractivity contribution in [1.29, 1.82) is 0 Å². The predicted octanol–water partition coefficient (Wildman–Crippen LogP) is 1.66. The average molecular weight is 435 g/mol. The number of amidine groups is 1. The van der Waals surface area contributed by atoms with E-state index in [1.54, 1.807) is 19.2 Å². The van der Waals surface area contributed by atoms with E-state index in [1.807, 2.05) is 17.0 Å². The number of phenolic OH excluding ortho intramolecular Hbond substituents is 1. The number of halogens is 2. The molecule has 160 valence electrons. The van der Waals surface area contributed by atoms with Crippen molar-refractivity contribution in [2.24, 2.45) is 4.99 Å². The van der Waals surface area contributed by atoms with Crippen LogP contribution in [0.2, 0.25) is 5.02 Å². The number of rotatable bonds is 7. The van der Waals surface area contributed by atoms with E-state index < -0.39 is 18.0 Å². The minimum atomic E-state index is -0.734. The van der Waals surface area contributed by atoms with Crippen molar-refractivity contribution in [1.82, 2.24) is 15.5 Å². The number of carbonyl (C=O) groups is 1. The van der Waals surface area contributed by atoms with Crippen LogP contribution in [0.25, 0.3) is 0 Å². The van der Waals surface area contributed by atoms with Crippen molar-refractivity contribution < 1.29 is 19.4 Å². The van der Waals surface area contributed by atoms with Crippen molar-refractivity contribution in [2.45, 2.75) is 25.2 Å². The van der Waals surface area contributed by atoms with E-state index in [0.29, 0.717) is 23.0 Å². The van der Waals surface area contributed by atoms with Crippen molar-refractivity contribution in [3.8, 4) is 5.75 Å². The fourth-order valence-corrected chi connectivity index (χ4v) is 3.63. The minimum absolute atomic E-state index is 0.0322. The molecule has 0 aromatic heterocycles. The highest BCUT2D eigenvalue weighted by Crippen LogP contribution is 2.24. The second-order valence-corrected chi connectivity index (χ2v) is 7.40. The van der Waals surface area contributed by atoms with Gasteiger partial charge in [-0.1, -0.05) is 23.7 Å². The van der Waals surface area contributed by atoms with E-state index >= 15 is 0 Å². The summed E-state index contributed by atoms with van der Waals surface area (Å²) in [5.41, 5.74) is 1.24. The normalized spacial score (nSPS) is 20.3. The molecular weight excluding hydrogens is 411 g/mol. The van der Waals surface area contributed by atoms with Crippen LogP contribution in [0.1, 0.15) is 11.1 Å². The molecule has 0 spiro atoms. The number of amides is 1. The van der Waals surface area contributed by atoms with Crippen LogP contribution in [-0.2, 0) is 17.8 Å². The molecule has 0 aliphatic carbocycles. The largest absolute Gasteiger partial charge is 0.508 e. The number of aliphatic imine (C=N–C) groups is 1. The van der Waals surface area contributed by atoms with Crippen LogP contribution < -0.4 is 10.6 Å². The van der Waals surface area contributed by atoms with Gasteiger partial charge in [-0.2, -0.15) is 0 Å². The fraction of sp³-hybridized carbons (Fsp3) is 0.333. The molecule has 4 N–H and O–H groups in total. The summed E-state index contributed by atoms with van der Waals surface area (Å²) in [4.78, 5) is 18.9. The highest BCUT2D eigenvalue weighted by atomic mass is 35.5. The number of benzene rings is 2. The molecule has 7 nitrogen and oxygen atoms in total. The molecule has 1 heterocycles. The molecule has 2 unspecified atom stereocenters. The Bertz CT molecular complexity index is 923. The summed E-state index contributed by atoms with van der Waals surface area (Å²) in [5.74, 6) is -0.338. The number of hydrogen-bond acceptors (Lipinski definition) is 5. The van der Waals surface area contributed by atoms with Gasteiger partial charge in [-0.3, -0.25) is 14.7 Å². The second-order valence-electron chi connectivity index (χ2n) is 6.96. The van der Waals surface area contributed by atoms with Crippen LogP contribution in [0, 0.1) is 5.82 Å². The maximum absolute atomic E-state index is 14.3. The zero-order chi connectivity index (χ0) is 21.7. The maximum atomic E-state index is 14.3. The number of nitrogens with one attached hydrogen (secondary N) is 2. The van der Waals surface area contributed by atoms with E-state index in [9.17, 15) is 14.3 Å². The third-order valence-electron chi connectivity index (χ3n) is 4.93. The number of nitrogens with zero attached hydrogens (tertiary/aromatic N) is 2. The first-order valence-electron chi connectivity index (χ1n) is 9.52. The minimum Gasteiger partial charge on any atom is -0.508 e. The summed E-state index contributed by atoms with van der Waals surface area (Å²) in [5, 5.41) is 25.3. The van der Waals surface area contributed by atoms with Crippen molar-refractivity contribution >= 4 is 23.3 Å². The average Bonchev–Trinajstić information content (AvgIpc) is 3.07. The van der Waals surface area contributed by atoms with Gasteiger partial charge in [-0.15, -0.1) is 0 Å². The second kappa shape index (κ2) is 9.88. The van der Waals surface area contributed by atoms with Gasteiger partial charge in [0.05, 0.1) is 12.8 Å². The van der Waals surface area contributed by atoms with Crippen LogP contribution in [-0.4, -0.2) is 59.3 Å². The van der Waals surface area contributed by atoms with Gasteiger partial charge < -0.3 is 20.8 Å². The van der Waals surface area contributed by atoms with E-state index in [-0.39, 0.29) is 31.2 Å². The number of aliphatic hydroxyl groups excluding tert-OH is 1. The lowest BCUT2D eigenvalue weighted by atomic mass is 10.1. The molecule has 2 aromatic carbocycles. The van der Waals surface area contributed by atoms with Crippen molar-refractivity contribution in [3.63, 3.8) is 0 Å². The monoisotopic (exact) mass is 434 g/mol. The molecule has 0 saturated carbocycles. The summed E-state index contributed by atoms with van der Waals surface area (Å²) in [7, 11) is 1.58. The van der Waals surface area contributed by atoms with E-state index in [2.05, 4.69) is 15.6 Å². The van der Waals surface area contributed by atoms with Gasteiger partial charge in [-0.25, -0.2) is 4.39 Å². The Morgan fingerprint density at radius 1 is 1.30 bits per heavy atom. The Morgan fingerprint density at radius 2 is 2.03 bits per heavy atom. The van der Waals surface area contributed by atoms with Crippen LogP contribution in [0.15, 0.2) is 47.5 Å². The van der Waals surface area contributed by atoms with Crippen LogP contribution >= 0.6 is 11.6 Å². The number of carbonyl (C=O) groups excluding carboxylic acids is 1. The Labute approximate surface area is 179 Å². The predicted molar refractivity (Wildman–Crippen MR) is 113 cm³/mol. The first-order valence-corrected chi connectivity index (χ1v) is 9.90. The third kappa shape index (κ3) is 5.08. The molecule has 2 atom stereocenters. The molecule has 30 heavy (non-hydrogen) atoms. The number of phenols is 1. The molecule has 1 fully saturated rings. The summed E-state index contributed by atoms with van der Waals surface area (Å²) in [6.07, 6.45) is -0.239. The van der Waals surface area contributed by atoms with Gasteiger partial charge in [-0.05, 0) is 41.5 Å². The summed E-state index contributed by atoms with van der Waals surface area (Å²) in [6.45, 7) is 0.318. The highest BCUT2D eigenvalue weighted by Gasteiger charge is 2.42. The van der Waals surface area contributed by atoms with Crippen LogP contribution in [0.4, 0.5) is 4.39 Å². The Hall–Kier alpha value is -2.68. The van der Waals surface area contributed by atoms with Gasteiger partial charge in [0.15, 0.2) is 0 Å². The quantitative estimate of drug-likeness (QED) is 0.531. The molecule has 2 aromatic rings. The molecule has 1 saturated heterocycles. The number of aromatic hydroxyl groups is 1. The summed E-state index contributed by atoms with van der Waals surface area (Å²) in [6, 6.07) is 10.4. The molecule has 0 bridgehead atoms. The summed E-state index contributed by atoms with van der Waals surface area (Å²) < 4.78 is 14.3. The lowest BCUT2D eigenvalue weighted by molar-refractivity contribution is -0.124. The molecule has 3 rings (SSSR count). The molecule has 0 radical (unpaired) electrons. The van der Waals surface area contributed by atoms with Crippen LogP contribution in [0.5, 0.6) is 5.75 Å². The fourth-order valence-electron chi connectivity index (χ4n) is 3.50. The third-order valence-corrected chi connectivity index (χ3v) is 5.18. The highest BCUT2D eigenvalue weighted by molar-refractivity contribution is 6.30. The van der Waals surface area contributed by atoms with E-state index in [1.165, 1.54) is 18.2 Å². The Kier molecular flexibility index (Phi) is 7.25. The number of hydrogen-bond donors (Lipinski definition) is 4. The Morgan fingerprint density at radius 3 is 2.70 bits per heavy atom. The lowest BCUT2D eigenvalue weighted by Gasteiger charge is -2.28. The molecular formula is C21H24ClFN4O3. The van der Waals surface area contributed by atoms with Gasteiger partial charge in [0.25, 0.3) is 0 Å². The SMILES string of the molecule is CN=C1NC(Cc2cc(O)ccc2F)N(Cc2ccc(Cl)cc2)C1C(=O)NCCO. The molecule has 9 heteroatoms. The van der Waals surface area contributed by atoms with Gasteiger partial charge in [0, 0.05) is 31.6 Å². The van der Waals surface area contributed by atoms with Gasteiger partial charge in [0.1, 0.15) is 23.4 Å². The van der Waals surface area contributed by atoms with E-state index in [4.69, 9.17) is 16.7 Å². The molecule has 1 amide bonds. The standard InChI is InChI=1S/C21H24ClFN4O3/c1-24-20-19(21(30)25-8-9-28)27(12-13-2-4-15(22)5-3-13)18(26-20)11-14-10-16(29)6-7-17(14)23/h2-7,10,18-19,28-29H,8-9,11-12H2,1H3,(H,24,26)(H,25,30). The zero-order valence-corrected chi connectivity index (χ0v) is 17.2. The molecule has 1 aliphatic rings. The smallest absolute Gasteiger partial charge is 0.245 e. The zero-order valence-electron chi connectivity index (χ0n) is 16.5. The van der Waals surface area contributed by atoms with E-state index in [0.717, 1.165) is 5.56 Å². The first kappa shape index (κ1) is 22.0. The van der Waals surface area contributed by atoms with Gasteiger partial charge >= 0.3 is 0 Å². The topological polar surface area (TPSA) is 97.2 Å². The maximum Gasteiger partial charge on any atom is 0.245 e. The van der Waals surface area contributed by atoms with Crippen molar-refractivity contribution in [2.75, 3.05) is 20.2 Å². The molecule has 1 aliphatic heterocycles. The van der Waals surface area contributed by atoms with Crippen LogP contribution in [0.3, 0.4) is 0 Å². The lowest BCUT2D eigenvalue weighted by Crippen LogP contribution is -2.49. The first-order chi connectivity index (χ1) is 14.4.